The van der Waals surface area contributed by atoms with Gasteiger partial charge >= 0.3 is 7.32 Å². The molecule has 0 rings (SSSR count). The first-order chi connectivity index (χ1) is 5.10. The van der Waals surface area contributed by atoms with E-state index in [0.29, 0.717) is 0 Å². The van der Waals surface area contributed by atoms with Gasteiger partial charge in [0.25, 0.3) is 0 Å². The summed E-state index contributed by atoms with van der Waals surface area (Å²) in [5.74, 6) is 0. The van der Waals surface area contributed by atoms with Gasteiger partial charge in [0.15, 0.2) is 0 Å². The van der Waals surface area contributed by atoms with E-state index in [0.717, 1.165) is 19.3 Å². The van der Waals surface area contributed by atoms with Crippen LogP contribution in [-0.2, 0) is 4.65 Å². The van der Waals surface area contributed by atoms with Crippen LogP contribution in [0.15, 0.2) is 0 Å². The van der Waals surface area contributed by atoms with Crippen LogP contribution in [-0.4, -0.2) is 23.0 Å². The van der Waals surface area contributed by atoms with E-state index in [4.69, 9.17) is 14.7 Å². The molecule has 0 aliphatic carbocycles. The third kappa shape index (κ3) is 3.23. The van der Waals surface area contributed by atoms with Crippen LogP contribution >= 0.6 is 0 Å². The smallest absolute Gasteiger partial charge is 0.402 e. The molecule has 0 atom stereocenters. The zero-order valence-corrected chi connectivity index (χ0v) is 7.50. The molecule has 0 bridgehead atoms. The summed E-state index contributed by atoms with van der Waals surface area (Å²) < 4.78 is 5.00. The highest BCUT2D eigenvalue weighted by atomic mass is 16.6. The Labute approximate surface area is 68.6 Å². The molecule has 0 saturated carbocycles. The fraction of sp³-hybridized carbons (Fsp3) is 1.00. The summed E-state index contributed by atoms with van der Waals surface area (Å²) in [6, 6.07) is 0. The van der Waals surface area contributed by atoms with E-state index in [9.17, 15) is 0 Å². The number of hydrogen-bond donors (Lipinski definition) is 2. The van der Waals surface area contributed by atoms with Gasteiger partial charge in [-0.1, -0.05) is 20.8 Å². The Bertz CT molecular complexity index is 93.6. The van der Waals surface area contributed by atoms with Crippen LogP contribution in [0.4, 0.5) is 0 Å². The van der Waals surface area contributed by atoms with Gasteiger partial charge in [0.1, 0.15) is 0 Å². The molecule has 0 aromatic carbocycles. The standard InChI is InChI=1S/C7H17BO3/c1-4-7(5-2,6-3)11-8(9)10/h9-10H,4-6H2,1-3H3. The predicted octanol–water partition coefficient (Wildman–Crippen LogP) is 0.941. The van der Waals surface area contributed by atoms with E-state index in [-0.39, 0.29) is 5.60 Å². The monoisotopic (exact) mass is 160 g/mol. The molecule has 0 aliphatic heterocycles. The van der Waals surface area contributed by atoms with E-state index in [1.165, 1.54) is 0 Å². The highest BCUT2D eigenvalue weighted by Gasteiger charge is 2.29. The summed E-state index contributed by atoms with van der Waals surface area (Å²) in [5.41, 5.74) is -0.353. The van der Waals surface area contributed by atoms with Crippen LogP contribution in [0.2, 0.25) is 0 Å². The third-order valence-electron chi connectivity index (χ3n) is 2.29. The molecule has 4 heteroatoms. The summed E-state index contributed by atoms with van der Waals surface area (Å²) in [6.07, 6.45) is 2.41. The molecule has 0 aromatic heterocycles. The average molecular weight is 160 g/mol. The molecule has 0 radical (unpaired) electrons. The van der Waals surface area contributed by atoms with Crippen LogP contribution in [0.3, 0.4) is 0 Å². The number of hydrogen-bond acceptors (Lipinski definition) is 3. The summed E-state index contributed by atoms with van der Waals surface area (Å²) in [5, 5.41) is 17.2. The number of rotatable bonds is 5. The van der Waals surface area contributed by atoms with Gasteiger partial charge in [0.05, 0.1) is 5.60 Å². The normalized spacial score (nSPS) is 11.7. The maximum Gasteiger partial charge on any atom is 0.634 e. The fourth-order valence-electron chi connectivity index (χ4n) is 1.22. The molecule has 3 nitrogen and oxygen atoms in total. The summed E-state index contributed by atoms with van der Waals surface area (Å²) >= 11 is 0. The lowest BCUT2D eigenvalue weighted by molar-refractivity contribution is 0.00903. The van der Waals surface area contributed by atoms with Crippen molar-refractivity contribution in [2.45, 2.75) is 45.6 Å². The first kappa shape index (κ1) is 10.9. The maximum absolute atomic E-state index is 8.61. The Morgan fingerprint density at radius 3 is 1.55 bits per heavy atom. The molecule has 0 aromatic rings. The van der Waals surface area contributed by atoms with Gasteiger partial charge in [0, 0.05) is 0 Å². The van der Waals surface area contributed by atoms with Crippen molar-refractivity contribution in [1.29, 1.82) is 0 Å². The highest BCUT2D eigenvalue weighted by Crippen LogP contribution is 2.24. The lowest BCUT2D eigenvalue weighted by atomic mass is 9.92. The minimum atomic E-state index is -1.64. The zero-order valence-electron chi connectivity index (χ0n) is 7.50. The minimum Gasteiger partial charge on any atom is -0.402 e. The van der Waals surface area contributed by atoms with E-state index in [1.54, 1.807) is 0 Å². The van der Waals surface area contributed by atoms with Crippen LogP contribution in [0, 0.1) is 0 Å². The van der Waals surface area contributed by atoms with Crippen LogP contribution < -0.4 is 0 Å². The van der Waals surface area contributed by atoms with Gasteiger partial charge in [-0.05, 0) is 19.3 Å². The van der Waals surface area contributed by atoms with Gasteiger partial charge in [0.2, 0.25) is 0 Å². The predicted molar refractivity (Wildman–Crippen MR) is 44.9 cm³/mol. The lowest BCUT2D eigenvalue weighted by Crippen LogP contribution is -2.37. The lowest BCUT2D eigenvalue weighted by Gasteiger charge is -2.30. The summed E-state index contributed by atoms with van der Waals surface area (Å²) in [6.45, 7) is 5.94. The Kier molecular flexibility index (Phi) is 4.72. The molecule has 0 heterocycles. The quantitative estimate of drug-likeness (QED) is 0.588. The first-order valence-corrected chi connectivity index (χ1v) is 4.14. The molecule has 11 heavy (non-hydrogen) atoms. The molecule has 66 valence electrons. The second-order valence-corrected chi connectivity index (χ2v) is 2.69. The molecule has 0 aliphatic rings. The van der Waals surface area contributed by atoms with Gasteiger partial charge in [-0.25, -0.2) is 0 Å². The van der Waals surface area contributed by atoms with Crippen molar-refractivity contribution in [3.63, 3.8) is 0 Å². The van der Waals surface area contributed by atoms with Crippen LogP contribution in [0.25, 0.3) is 0 Å². The van der Waals surface area contributed by atoms with Crippen LogP contribution in [0.5, 0.6) is 0 Å². The molecule has 0 spiro atoms. The molecule has 0 saturated heterocycles. The molecule has 0 unspecified atom stereocenters. The van der Waals surface area contributed by atoms with Crippen molar-refractivity contribution in [2.24, 2.45) is 0 Å². The minimum absolute atomic E-state index is 0.353. The molecule has 2 N–H and O–H groups in total. The highest BCUT2D eigenvalue weighted by molar-refractivity contribution is 6.32. The van der Waals surface area contributed by atoms with Crippen molar-refractivity contribution in [1.82, 2.24) is 0 Å². The molecule has 0 amide bonds. The largest absolute Gasteiger partial charge is 0.634 e. The first-order valence-electron chi connectivity index (χ1n) is 4.14. The third-order valence-corrected chi connectivity index (χ3v) is 2.29. The van der Waals surface area contributed by atoms with E-state index >= 15 is 0 Å². The molecular weight excluding hydrogens is 143 g/mol. The second kappa shape index (κ2) is 4.75. The van der Waals surface area contributed by atoms with Crippen molar-refractivity contribution < 1.29 is 14.7 Å². The Morgan fingerprint density at radius 2 is 1.45 bits per heavy atom. The van der Waals surface area contributed by atoms with Crippen molar-refractivity contribution in [3.05, 3.63) is 0 Å². The second-order valence-electron chi connectivity index (χ2n) is 2.69. The maximum atomic E-state index is 8.61. The summed E-state index contributed by atoms with van der Waals surface area (Å²) in [7, 11) is -1.64. The average Bonchev–Trinajstić information content (AvgIpc) is 2.00. The van der Waals surface area contributed by atoms with E-state index in [2.05, 4.69) is 0 Å². The van der Waals surface area contributed by atoms with E-state index < -0.39 is 7.32 Å². The Balaban J connectivity index is 4.05. The Morgan fingerprint density at radius 1 is 1.09 bits per heavy atom. The van der Waals surface area contributed by atoms with Crippen molar-refractivity contribution in [2.75, 3.05) is 0 Å². The zero-order chi connectivity index (χ0) is 8.91. The summed E-state index contributed by atoms with van der Waals surface area (Å²) in [4.78, 5) is 0. The molecule has 0 fully saturated rings. The topological polar surface area (TPSA) is 49.7 Å². The SMILES string of the molecule is CCC(CC)(CC)OB(O)O. The van der Waals surface area contributed by atoms with Gasteiger partial charge in [-0.2, -0.15) is 0 Å². The van der Waals surface area contributed by atoms with Gasteiger partial charge < -0.3 is 14.7 Å². The molecular formula is C7H17BO3. The van der Waals surface area contributed by atoms with Crippen molar-refractivity contribution in [3.8, 4) is 0 Å². The van der Waals surface area contributed by atoms with Gasteiger partial charge in [-0.3, -0.25) is 0 Å². The van der Waals surface area contributed by atoms with E-state index in [1.807, 2.05) is 20.8 Å². The van der Waals surface area contributed by atoms with Crippen LogP contribution in [0.1, 0.15) is 40.0 Å². The Hall–Kier alpha value is -0.0551. The van der Waals surface area contributed by atoms with Gasteiger partial charge in [-0.15, -0.1) is 0 Å². The fourth-order valence-corrected chi connectivity index (χ4v) is 1.22. The van der Waals surface area contributed by atoms with Crippen molar-refractivity contribution >= 4 is 7.32 Å².